The molecule has 25 heavy (non-hydrogen) atoms. The molecule has 0 spiro atoms. The molecule has 1 aromatic rings. The first-order valence-electron chi connectivity index (χ1n) is 8.30. The first-order valence-corrected chi connectivity index (χ1v) is 9.21. The molecule has 1 aromatic carbocycles. The summed E-state index contributed by atoms with van der Waals surface area (Å²) in [4.78, 5) is 37.0. The number of fused-ring (bicyclic) bond motifs is 2. The van der Waals surface area contributed by atoms with E-state index in [1.54, 1.807) is 24.3 Å². The highest BCUT2D eigenvalue weighted by atomic mass is 79.9. The van der Waals surface area contributed by atoms with Gasteiger partial charge in [0.2, 0.25) is 5.91 Å². The quantitative estimate of drug-likeness (QED) is 0.613. The predicted molar refractivity (Wildman–Crippen MR) is 97.7 cm³/mol. The van der Waals surface area contributed by atoms with Crippen LogP contribution in [0, 0.1) is 16.2 Å². The van der Waals surface area contributed by atoms with E-state index >= 15 is 0 Å². The SMILES string of the molecule is COC(=O)c1ccc(NC(=O)[C@]23CC[C@](C)(C(=O)[C@@H]2Br)C3(C)C)cc1. The van der Waals surface area contributed by atoms with Gasteiger partial charge < -0.3 is 10.1 Å². The summed E-state index contributed by atoms with van der Waals surface area (Å²) in [6.45, 7) is 6.00. The highest BCUT2D eigenvalue weighted by Gasteiger charge is 2.76. The molecular formula is C19H22BrNO4. The smallest absolute Gasteiger partial charge is 0.337 e. The number of esters is 1. The lowest BCUT2D eigenvalue weighted by Crippen LogP contribution is -2.47. The van der Waals surface area contributed by atoms with E-state index in [9.17, 15) is 14.4 Å². The Balaban J connectivity index is 1.89. The minimum Gasteiger partial charge on any atom is -0.465 e. The van der Waals surface area contributed by atoms with Crippen LogP contribution in [0.2, 0.25) is 0 Å². The van der Waals surface area contributed by atoms with Gasteiger partial charge in [0.1, 0.15) is 0 Å². The molecule has 6 heteroatoms. The van der Waals surface area contributed by atoms with Gasteiger partial charge in [-0.2, -0.15) is 0 Å². The Morgan fingerprint density at radius 1 is 1.16 bits per heavy atom. The fourth-order valence-corrected chi connectivity index (χ4v) is 6.02. The molecule has 0 saturated heterocycles. The Hall–Kier alpha value is -1.69. The molecule has 3 rings (SSSR count). The second-order valence-corrected chi connectivity index (χ2v) is 8.59. The summed E-state index contributed by atoms with van der Waals surface area (Å²) >= 11 is 3.51. The molecule has 2 fully saturated rings. The number of anilines is 1. The summed E-state index contributed by atoms with van der Waals surface area (Å²) in [5, 5.41) is 2.94. The van der Waals surface area contributed by atoms with Gasteiger partial charge in [0.25, 0.3) is 0 Å². The van der Waals surface area contributed by atoms with Crippen LogP contribution in [0.15, 0.2) is 24.3 Å². The zero-order valence-electron chi connectivity index (χ0n) is 14.8. The van der Waals surface area contributed by atoms with Crippen molar-refractivity contribution in [1.29, 1.82) is 0 Å². The van der Waals surface area contributed by atoms with Gasteiger partial charge in [-0.05, 0) is 42.5 Å². The van der Waals surface area contributed by atoms with Crippen LogP contribution in [0.5, 0.6) is 0 Å². The number of benzene rings is 1. The van der Waals surface area contributed by atoms with E-state index in [1.807, 2.05) is 20.8 Å². The monoisotopic (exact) mass is 407 g/mol. The standard InChI is InChI=1S/C19H22BrNO4/c1-17(2)18(3)9-10-19(17,13(20)14(18)22)16(24)21-12-7-5-11(6-8-12)15(23)25-4/h5-8,13H,9-10H2,1-4H3,(H,21,24)/t13-,18+,19-/m0/s1. The Kier molecular flexibility index (Phi) is 4.10. The Bertz CT molecular complexity index is 757. The number of alkyl halides is 1. The van der Waals surface area contributed by atoms with Crippen LogP contribution in [0.3, 0.4) is 0 Å². The maximum Gasteiger partial charge on any atom is 0.337 e. The number of ether oxygens (including phenoxy) is 1. The lowest BCUT2D eigenvalue weighted by atomic mass is 9.64. The summed E-state index contributed by atoms with van der Waals surface area (Å²) in [5.74, 6) is -0.467. The van der Waals surface area contributed by atoms with E-state index in [1.165, 1.54) is 7.11 Å². The molecule has 1 N–H and O–H groups in total. The fourth-order valence-electron chi connectivity index (χ4n) is 4.51. The van der Waals surface area contributed by atoms with Gasteiger partial charge in [0.05, 0.1) is 22.9 Å². The molecule has 0 radical (unpaired) electrons. The average molecular weight is 408 g/mol. The fraction of sp³-hybridized carbons (Fsp3) is 0.526. The Morgan fingerprint density at radius 2 is 1.76 bits per heavy atom. The molecule has 0 unspecified atom stereocenters. The lowest BCUT2D eigenvalue weighted by Gasteiger charge is -2.39. The number of rotatable bonds is 3. The number of carbonyl (C=O) groups is 3. The number of carbonyl (C=O) groups excluding carboxylic acids is 3. The largest absolute Gasteiger partial charge is 0.465 e. The first-order chi connectivity index (χ1) is 11.6. The second kappa shape index (κ2) is 5.66. The van der Waals surface area contributed by atoms with E-state index < -0.39 is 27.0 Å². The first kappa shape index (κ1) is 18.1. The highest BCUT2D eigenvalue weighted by molar-refractivity contribution is 9.10. The molecule has 0 aromatic heterocycles. The van der Waals surface area contributed by atoms with Crippen LogP contribution in [0.1, 0.15) is 44.0 Å². The number of Topliss-reactive ketones (excluding diaryl/α,β-unsaturated/α-hetero) is 1. The minimum absolute atomic E-state index is 0.111. The molecule has 3 atom stereocenters. The van der Waals surface area contributed by atoms with Crippen LogP contribution in [-0.2, 0) is 14.3 Å². The van der Waals surface area contributed by atoms with E-state index in [0.29, 0.717) is 17.7 Å². The maximum absolute atomic E-state index is 13.2. The number of methoxy groups -OCH3 is 1. The number of halogens is 1. The highest BCUT2D eigenvalue weighted by Crippen LogP contribution is 2.72. The normalized spacial score (nSPS) is 32.5. The molecule has 0 aliphatic heterocycles. The average Bonchev–Trinajstić information content (AvgIpc) is 2.86. The van der Waals surface area contributed by atoms with E-state index in [2.05, 4.69) is 26.0 Å². The van der Waals surface area contributed by atoms with E-state index in [0.717, 1.165) is 6.42 Å². The second-order valence-electron chi connectivity index (χ2n) is 7.68. The van der Waals surface area contributed by atoms with Gasteiger partial charge >= 0.3 is 5.97 Å². The summed E-state index contributed by atoms with van der Waals surface area (Å²) in [5.41, 5.74) is -0.702. The maximum atomic E-state index is 13.2. The predicted octanol–water partition coefficient (Wildman–Crippen LogP) is 3.57. The van der Waals surface area contributed by atoms with Crippen molar-refractivity contribution < 1.29 is 19.1 Å². The third-order valence-electron chi connectivity index (χ3n) is 6.69. The van der Waals surface area contributed by atoms with Crippen molar-refractivity contribution in [3.63, 3.8) is 0 Å². The number of nitrogens with one attached hydrogen (secondary N) is 1. The summed E-state index contributed by atoms with van der Waals surface area (Å²) in [6, 6.07) is 6.55. The zero-order valence-corrected chi connectivity index (χ0v) is 16.4. The third-order valence-corrected chi connectivity index (χ3v) is 7.89. The number of amides is 1. The molecule has 5 nitrogen and oxygen atoms in total. The van der Waals surface area contributed by atoms with Gasteiger partial charge in [-0.15, -0.1) is 0 Å². The van der Waals surface area contributed by atoms with E-state index in [4.69, 9.17) is 0 Å². The molecule has 2 aliphatic carbocycles. The van der Waals surface area contributed by atoms with Gasteiger partial charge in [-0.1, -0.05) is 36.7 Å². The minimum atomic E-state index is -0.778. The summed E-state index contributed by atoms with van der Waals surface area (Å²) in [6.07, 6.45) is 1.39. The van der Waals surface area contributed by atoms with Crippen molar-refractivity contribution in [3.8, 4) is 0 Å². The van der Waals surface area contributed by atoms with Gasteiger partial charge in [-0.3, -0.25) is 9.59 Å². The van der Waals surface area contributed by atoms with Crippen LogP contribution < -0.4 is 5.32 Å². The van der Waals surface area contributed by atoms with Crippen LogP contribution >= 0.6 is 15.9 Å². The number of hydrogen-bond acceptors (Lipinski definition) is 4. The van der Waals surface area contributed by atoms with Crippen molar-refractivity contribution in [2.75, 3.05) is 12.4 Å². The molecule has 2 saturated carbocycles. The molecule has 2 bridgehead atoms. The van der Waals surface area contributed by atoms with Crippen LogP contribution in [0.25, 0.3) is 0 Å². The van der Waals surface area contributed by atoms with Gasteiger partial charge in [0.15, 0.2) is 5.78 Å². The molecule has 2 aliphatic rings. The Labute approximate surface area is 155 Å². The Morgan fingerprint density at radius 3 is 2.24 bits per heavy atom. The topological polar surface area (TPSA) is 72.5 Å². The molecule has 1 amide bonds. The molecular weight excluding hydrogens is 386 g/mol. The zero-order chi connectivity index (χ0) is 18.6. The van der Waals surface area contributed by atoms with Crippen LogP contribution in [-0.4, -0.2) is 29.6 Å². The van der Waals surface area contributed by atoms with Crippen molar-refractivity contribution in [2.24, 2.45) is 16.2 Å². The lowest BCUT2D eigenvalue weighted by molar-refractivity contribution is -0.130. The molecule has 134 valence electrons. The summed E-state index contributed by atoms with van der Waals surface area (Å²) in [7, 11) is 1.32. The van der Waals surface area contributed by atoms with Crippen molar-refractivity contribution in [3.05, 3.63) is 29.8 Å². The number of hydrogen-bond donors (Lipinski definition) is 1. The van der Waals surface area contributed by atoms with Crippen molar-refractivity contribution >= 4 is 39.3 Å². The third kappa shape index (κ3) is 2.16. The van der Waals surface area contributed by atoms with E-state index in [-0.39, 0.29) is 11.7 Å². The number of ketones is 1. The summed E-state index contributed by atoms with van der Waals surface area (Å²) < 4.78 is 4.67. The van der Waals surface area contributed by atoms with Gasteiger partial charge in [0, 0.05) is 11.1 Å². The van der Waals surface area contributed by atoms with Crippen molar-refractivity contribution in [2.45, 2.75) is 38.4 Å². The molecule has 0 heterocycles. The van der Waals surface area contributed by atoms with Gasteiger partial charge in [-0.25, -0.2) is 4.79 Å². The van der Waals surface area contributed by atoms with Crippen molar-refractivity contribution in [1.82, 2.24) is 0 Å². The van der Waals surface area contributed by atoms with Crippen LogP contribution in [0.4, 0.5) is 5.69 Å².